The summed E-state index contributed by atoms with van der Waals surface area (Å²) in [5.74, 6) is 0.499. The first-order valence-corrected chi connectivity index (χ1v) is 11.3. The van der Waals surface area contributed by atoms with Crippen LogP contribution < -0.4 is 4.90 Å². The number of rotatable bonds is 3. The first-order valence-electron chi connectivity index (χ1n) is 9.54. The van der Waals surface area contributed by atoms with Crippen LogP contribution in [0.15, 0.2) is 16.8 Å². The lowest BCUT2D eigenvalue weighted by Crippen LogP contribution is -2.38. The van der Waals surface area contributed by atoms with E-state index in [0.717, 1.165) is 28.3 Å². The standard InChI is InChI=1S/C20H21N3O3S2/c1-21-10-16(24)23(8-12-2-3-12)20-17(19(21)26)14-4-6-22(9-15(14)28-20)18(25)13-5-7-27-11-13/h5,7,11-12H,2-4,6,8-10H2,1H3. The van der Waals surface area contributed by atoms with Crippen LogP contribution >= 0.6 is 22.7 Å². The van der Waals surface area contributed by atoms with Gasteiger partial charge in [0.05, 0.1) is 17.7 Å². The van der Waals surface area contributed by atoms with Gasteiger partial charge in [-0.15, -0.1) is 11.3 Å². The van der Waals surface area contributed by atoms with Gasteiger partial charge in [0.2, 0.25) is 5.91 Å². The van der Waals surface area contributed by atoms with Gasteiger partial charge in [0.25, 0.3) is 11.8 Å². The number of nitrogens with zero attached hydrogens (tertiary/aromatic N) is 3. The van der Waals surface area contributed by atoms with Crippen molar-refractivity contribution >= 4 is 45.4 Å². The summed E-state index contributed by atoms with van der Waals surface area (Å²) >= 11 is 3.04. The van der Waals surface area contributed by atoms with Gasteiger partial charge in [-0.3, -0.25) is 14.4 Å². The van der Waals surface area contributed by atoms with E-state index in [2.05, 4.69) is 0 Å². The number of anilines is 1. The highest BCUT2D eigenvalue weighted by Gasteiger charge is 2.39. The molecule has 0 saturated heterocycles. The fourth-order valence-corrected chi connectivity index (χ4v) is 5.96. The Morgan fingerprint density at radius 1 is 1.25 bits per heavy atom. The van der Waals surface area contributed by atoms with Gasteiger partial charge in [0.1, 0.15) is 11.5 Å². The molecule has 0 atom stereocenters. The lowest BCUT2D eigenvalue weighted by atomic mass is 10.0. The zero-order valence-corrected chi connectivity index (χ0v) is 17.3. The Morgan fingerprint density at radius 2 is 2.07 bits per heavy atom. The largest absolute Gasteiger partial charge is 0.333 e. The second kappa shape index (κ2) is 6.70. The molecule has 3 aliphatic rings. The predicted molar refractivity (Wildman–Crippen MR) is 109 cm³/mol. The molecule has 2 aromatic rings. The van der Waals surface area contributed by atoms with Crippen LogP contribution in [0.2, 0.25) is 0 Å². The van der Waals surface area contributed by atoms with Gasteiger partial charge in [-0.05, 0) is 42.2 Å². The molecular formula is C20H21N3O3S2. The van der Waals surface area contributed by atoms with Crippen LogP contribution in [0, 0.1) is 5.92 Å². The molecule has 1 saturated carbocycles. The van der Waals surface area contributed by atoms with E-state index in [9.17, 15) is 14.4 Å². The lowest BCUT2D eigenvalue weighted by molar-refractivity contribution is -0.119. The SMILES string of the molecule is CN1CC(=O)N(CC2CC2)c2sc3c(c2C1=O)CCN(C(=O)c1ccsc1)C3. The molecule has 0 radical (unpaired) electrons. The number of hydrogen-bond acceptors (Lipinski definition) is 5. The fraction of sp³-hybridized carbons (Fsp3) is 0.450. The number of thiophene rings is 2. The topological polar surface area (TPSA) is 60.9 Å². The van der Waals surface area contributed by atoms with Crippen LogP contribution in [0.1, 0.15) is 44.0 Å². The van der Waals surface area contributed by atoms with Gasteiger partial charge >= 0.3 is 0 Å². The van der Waals surface area contributed by atoms with Gasteiger partial charge in [-0.2, -0.15) is 11.3 Å². The minimum Gasteiger partial charge on any atom is -0.333 e. The summed E-state index contributed by atoms with van der Waals surface area (Å²) in [5, 5.41) is 4.57. The molecule has 0 N–H and O–H groups in total. The van der Waals surface area contributed by atoms with Crippen molar-refractivity contribution < 1.29 is 14.4 Å². The van der Waals surface area contributed by atoms with E-state index < -0.39 is 0 Å². The summed E-state index contributed by atoms with van der Waals surface area (Å²) in [5.41, 5.74) is 2.44. The molecule has 0 spiro atoms. The second-order valence-corrected chi connectivity index (χ2v) is 9.65. The molecular weight excluding hydrogens is 394 g/mol. The van der Waals surface area contributed by atoms with Crippen molar-refractivity contribution in [3.05, 3.63) is 38.4 Å². The zero-order chi connectivity index (χ0) is 19.4. The highest BCUT2D eigenvalue weighted by Crippen LogP contribution is 2.43. The minimum absolute atomic E-state index is 0.00805. The monoisotopic (exact) mass is 415 g/mol. The maximum atomic E-state index is 13.0. The molecule has 2 aromatic heterocycles. The average Bonchev–Trinajstić information content (AvgIpc) is 3.22. The zero-order valence-electron chi connectivity index (χ0n) is 15.6. The van der Waals surface area contributed by atoms with Crippen LogP contribution in [-0.2, 0) is 17.8 Å². The number of carbonyl (C=O) groups excluding carboxylic acids is 3. The van der Waals surface area contributed by atoms with Crippen molar-refractivity contribution in [2.45, 2.75) is 25.8 Å². The van der Waals surface area contributed by atoms with Gasteiger partial charge in [0.15, 0.2) is 0 Å². The summed E-state index contributed by atoms with van der Waals surface area (Å²) in [6, 6.07) is 1.85. The minimum atomic E-state index is -0.0724. The van der Waals surface area contributed by atoms with Gasteiger partial charge in [-0.1, -0.05) is 0 Å². The number of hydrogen-bond donors (Lipinski definition) is 0. The Hall–Kier alpha value is -2.19. The van der Waals surface area contributed by atoms with Gasteiger partial charge in [0, 0.05) is 30.4 Å². The van der Waals surface area contributed by atoms with Crippen molar-refractivity contribution in [1.82, 2.24) is 9.80 Å². The Labute approximate surface area is 171 Å². The molecule has 28 heavy (non-hydrogen) atoms. The number of carbonyl (C=O) groups is 3. The van der Waals surface area contributed by atoms with Crippen LogP contribution in [0.5, 0.6) is 0 Å². The van der Waals surface area contributed by atoms with E-state index in [0.29, 0.717) is 43.1 Å². The van der Waals surface area contributed by atoms with E-state index in [1.165, 1.54) is 27.6 Å². The summed E-state index contributed by atoms with van der Waals surface area (Å²) in [7, 11) is 1.70. The van der Waals surface area contributed by atoms with E-state index in [4.69, 9.17) is 0 Å². The molecule has 0 unspecified atom stereocenters. The van der Waals surface area contributed by atoms with Gasteiger partial charge in [-0.25, -0.2) is 0 Å². The molecule has 5 rings (SSSR count). The summed E-state index contributed by atoms with van der Waals surface area (Å²) < 4.78 is 0. The summed E-state index contributed by atoms with van der Waals surface area (Å²) in [6.45, 7) is 1.93. The van der Waals surface area contributed by atoms with Crippen LogP contribution in [0.25, 0.3) is 0 Å². The van der Waals surface area contributed by atoms with Crippen LogP contribution in [0.4, 0.5) is 5.00 Å². The van der Waals surface area contributed by atoms with Crippen molar-refractivity contribution in [2.24, 2.45) is 5.92 Å². The number of likely N-dealkylation sites (N-methyl/N-ethyl adjacent to an activating group) is 1. The van der Waals surface area contributed by atoms with E-state index >= 15 is 0 Å². The molecule has 8 heteroatoms. The molecule has 0 aromatic carbocycles. The third-order valence-electron chi connectivity index (χ3n) is 5.71. The average molecular weight is 416 g/mol. The van der Waals surface area contributed by atoms with Crippen molar-refractivity contribution in [3.63, 3.8) is 0 Å². The third kappa shape index (κ3) is 2.95. The van der Waals surface area contributed by atoms with Crippen molar-refractivity contribution in [3.8, 4) is 0 Å². The quantitative estimate of drug-likeness (QED) is 0.775. The summed E-state index contributed by atoms with van der Waals surface area (Å²) in [4.78, 5) is 44.9. The Kier molecular flexibility index (Phi) is 4.28. The van der Waals surface area contributed by atoms with Crippen molar-refractivity contribution in [1.29, 1.82) is 0 Å². The Balaban J connectivity index is 1.51. The van der Waals surface area contributed by atoms with Crippen LogP contribution in [0.3, 0.4) is 0 Å². The predicted octanol–water partition coefficient (Wildman–Crippen LogP) is 2.84. The normalized spacial score (nSPS) is 19.5. The highest BCUT2D eigenvalue weighted by molar-refractivity contribution is 7.17. The van der Waals surface area contributed by atoms with Gasteiger partial charge < -0.3 is 14.7 Å². The first kappa shape index (κ1) is 17.9. The number of fused-ring (bicyclic) bond motifs is 3. The Bertz CT molecular complexity index is 962. The molecule has 1 fully saturated rings. The maximum Gasteiger partial charge on any atom is 0.257 e. The number of amides is 3. The highest BCUT2D eigenvalue weighted by atomic mass is 32.1. The fourth-order valence-electron chi connectivity index (χ4n) is 3.95. The van der Waals surface area contributed by atoms with Crippen LogP contribution in [-0.4, -0.2) is 54.2 Å². The molecule has 146 valence electrons. The molecule has 2 aliphatic heterocycles. The molecule has 6 nitrogen and oxygen atoms in total. The maximum absolute atomic E-state index is 13.0. The molecule has 1 aliphatic carbocycles. The van der Waals surface area contributed by atoms with Crippen molar-refractivity contribution in [2.75, 3.05) is 31.6 Å². The smallest absolute Gasteiger partial charge is 0.257 e. The molecule has 0 bridgehead atoms. The summed E-state index contributed by atoms with van der Waals surface area (Å²) in [6.07, 6.45) is 2.95. The van der Waals surface area contributed by atoms with E-state index in [-0.39, 0.29) is 24.3 Å². The lowest BCUT2D eigenvalue weighted by Gasteiger charge is -2.27. The molecule has 4 heterocycles. The Morgan fingerprint density at radius 3 is 2.79 bits per heavy atom. The third-order valence-corrected chi connectivity index (χ3v) is 7.63. The second-order valence-electron chi connectivity index (χ2n) is 7.78. The van der Waals surface area contributed by atoms with E-state index in [1.54, 1.807) is 7.05 Å². The molecule has 3 amide bonds. The van der Waals surface area contributed by atoms with E-state index in [1.807, 2.05) is 26.6 Å². The first-order chi connectivity index (χ1) is 13.5.